The van der Waals surface area contributed by atoms with Crippen molar-refractivity contribution in [1.29, 1.82) is 0 Å². The lowest BCUT2D eigenvalue weighted by molar-refractivity contribution is -0.458. The molecule has 48 heavy (non-hydrogen) atoms. The van der Waals surface area contributed by atoms with Crippen LogP contribution < -0.4 is 4.72 Å². The van der Waals surface area contributed by atoms with E-state index in [1.165, 1.54) is 0 Å². The van der Waals surface area contributed by atoms with E-state index in [-0.39, 0.29) is 0 Å². The fraction of sp³-hybridized carbons (Fsp3) is 0.800. The van der Waals surface area contributed by atoms with E-state index in [9.17, 15) is 132 Å². The van der Waals surface area contributed by atoms with Crippen LogP contribution in [0.15, 0.2) is 11.3 Å². The summed E-state index contributed by atoms with van der Waals surface area (Å²) in [7, 11) is -9.53. The van der Waals surface area contributed by atoms with E-state index in [2.05, 4.69) is 0 Å². The third-order valence-electron chi connectivity index (χ3n) is 5.07. The van der Waals surface area contributed by atoms with E-state index >= 15 is 0 Å². The zero-order chi connectivity index (χ0) is 39.9. The van der Waals surface area contributed by atoms with Gasteiger partial charge in [0.25, 0.3) is 0 Å². The lowest BCUT2D eigenvalue weighted by Crippen LogP contribution is -2.75. The molecule has 0 aromatic heterocycles. The third-order valence-corrected chi connectivity index (χ3v) is 6.48. The molecular weight excluding hydrogens is 803 g/mol. The Labute approximate surface area is 241 Å². The number of hydrogen-bond donors (Lipinski definition) is 2. The first-order chi connectivity index (χ1) is 20.2. The maximum Gasteiger partial charge on any atom is 0.460 e. The second kappa shape index (κ2) is 11.3. The second-order valence-electron chi connectivity index (χ2n) is 8.27. The quantitative estimate of drug-likeness (QED) is 0.157. The van der Waals surface area contributed by atoms with Gasteiger partial charge in [0.15, 0.2) is 0 Å². The molecule has 0 aliphatic rings. The zero-order valence-electron chi connectivity index (χ0n) is 20.3. The Balaban J connectivity index is 7.96. The van der Waals surface area contributed by atoms with Crippen molar-refractivity contribution in [2.45, 2.75) is 71.2 Å². The van der Waals surface area contributed by atoms with Gasteiger partial charge in [-0.3, -0.25) is 4.72 Å². The average Bonchev–Trinajstić information content (AvgIpc) is 2.79. The number of carbonyl (C=O) groups is 1. The molecule has 0 rings (SSSR count). The van der Waals surface area contributed by atoms with Crippen LogP contribution in [0.3, 0.4) is 0 Å². The van der Waals surface area contributed by atoms with Crippen molar-refractivity contribution in [3.8, 4) is 0 Å². The minimum Gasteiger partial charge on any atom is -0.478 e. The maximum atomic E-state index is 14.1. The van der Waals surface area contributed by atoms with Crippen molar-refractivity contribution < 1.29 is 137 Å². The molecule has 0 unspecified atom stereocenters. The molecule has 0 spiro atoms. The molecule has 5 nitrogen and oxygen atoms in total. The zero-order valence-corrected chi connectivity index (χ0v) is 21.1. The van der Waals surface area contributed by atoms with Crippen LogP contribution in [0.25, 0.3) is 0 Å². The number of allylic oxidation sites excluding steroid dienone is 1. The van der Waals surface area contributed by atoms with Crippen LogP contribution in [0.5, 0.6) is 0 Å². The molecule has 33 heteroatoms. The average molecular weight is 805 g/mol. The SMILES string of the molecule is O=C(O)C(=C(NS(=O)(=O)C(F)(F)C(F)(F)C(F)(F)C(F)(F)C(F)(F)C(F)(F)C(F)(F)C(F)(F)F)C(F)(F)C(F)(F)F)C(F)(F)C(F)(F)F. The van der Waals surface area contributed by atoms with E-state index in [1.54, 1.807) is 0 Å². The van der Waals surface area contributed by atoms with Crippen molar-refractivity contribution in [2.24, 2.45) is 0 Å². The van der Waals surface area contributed by atoms with Gasteiger partial charge < -0.3 is 5.11 Å². The molecule has 0 amide bonds. The van der Waals surface area contributed by atoms with Gasteiger partial charge in [-0.1, -0.05) is 0 Å². The summed E-state index contributed by atoms with van der Waals surface area (Å²) in [4.78, 5) is 10.8. The number of alkyl halides is 27. The van der Waals surface area contributed by atoms with Crippen molar-refractivity contribution >= 4 is 16.0 Å². The van der Waals surface area contributed by atoms with E-state index < -0.39 is 103 Å². The summed E-state index contributed by atoms with van der Waals surface area (Å²) in [6.07, 6.45) is -24.1. The minimum atomic E-state index is -9.62. The van der Waals surface area contributed by atoms with Gasteiger partial charge in [-0.2, -0.15) is 127 Å². The second-order valence-corrected chi connectivity index (χ2v) is 9.99. The fourth-order valence-electron chi connectivity index (χ4n) is 2.47. The molecule has 0 aliphatic carbocycles. The number of carboxylic acids is 1. The number of sulfonamides is 1. The summed E-state index contributed by atoms with van der Waals surface area (Å²) in [6, 6.07) is 0. The Bertz CT molecular complexity index is 1380. The molecule has 0 bridgehead atoms. The number of halogens is 27. The van der Waals surface area contributed by atoms with Gasteiger partial charge in [0.1, 0.15) is 11.3 Å². The molecule has 0 saturated carbocycles. The maximum absolute atomic E-state index is 14.1. The van der Waals surface area contributed by atoms with E-state index in [1.807, 2.05) is 0 Å². The largest absolute Gasteiger partial charge is 0.478 e. The Morgan fingerprint density at radius 2 is 0.688 bits per heavy atom. The van der Waals surface area contributed by atoms with Gasteiger partial charge in [0.2, 0.25) is 0 Å². The Kier molecular flexibility index (Phi) is 10.6. The van der Waals surface area contributed by atoms with E-state index in [4.69, 9.17) is 5.11 Å². The van der Waals surface area contributed by atoms with Gasteiger partial charge in [0.05, 0.1) is 0 Å². The monoisotopic (exact) mass is 805 g/mol. The van der Waals surface area contributed by atoms with E-state index in [0.717, 1.165) is 0 Å². The summed E-state index contributed by atoms with van der Waals surface area (Å²) in [6.45, 7) is 0. The molecule has 0 aliphatic heterocycles. The molecule has 0 aromatic carbocycles. The Morgan fingerprint density at radius 1 is 0.417 bits per heavy atom. The molecule has 0 heterocycles. The van der Waals surface area contributed by atoms with Gasteiger partial charge in [-0.15, -0.1) is 0 Å². The Morgan fingerprint density at radius 3 is 0.938 bits per heavy atom. The number of hydrogen-bond acceptors (Lipinski definition) is 3. The van der Waals surface area contributed by atoms with Crippen LogP contribution in [-0.2, 0) is 14.8 Å². The van der Waals surface area contributed by atoms with Crippen molar-refractivity contribution in [1.82, 2.24) is 4.72 Å². The minimum absolute atomic E-state index is 1.81. The van der Waals surface area contributed by atoms with Crippen LogP contribution in [0.2, 0.25) is 0 Å². The molecule has 0 atom stereocenters. The summed E-state index contributed by atoms with van der Waals surface area (Å²) in [5, 5.41) is -0.770. The predicted molar refractivity (Wildman–Crippen MR) is 89.4 cm³/mol. The van der Waals surface area contributed by atoms with Gasteiger partial charge in [-0.05, 0) is 0 Å². The normalized spacial score (nSPS) is 16.9. The number of aliphatic carboxylic acids is 1. The molecule has 0 aromatic rings. The fourth-order valence-corrected chi connectivity index (χ4v) is 3.56. The topological polar surface area (TPSA) is 83.5 Å². The predicted octanol–water partition coefficient (Wildman–Crippen LogP) is 7.61. The number of nitrogens with one attached hydrogen (secondary N) is 1. The van der Waals surface area contributed by atoms with Crippen LogP contribution in [0, 0.1) is 0 Å². The molecular formula is C15H2F27NO4S. The first-order valence-electron chi connectivity index (χ1n) is 9.77. The van der Waals surface area contributed by atoms with E-state index in [0.29, 0.717) is 0 Å². The number of rotatable bonds is 12. The first-order valence-corrected chi connectivity index (χ1v) is 11.3. The third kappa shape index (κ3) is 6.07. The summed E-state index contributed by atoms with van der Waals surface area (Å²) in [5.74, 6) is -76.7. The van der Waals surface area contributed by atoms with Crippen molar-refractivity contribution in [3.63, 3.8) is 0 Å². The highest BCUT2D eigenvalue weighted by molar-refractivity contribution is 7.90. The molecule has 0 fully saturated rings. The Hall–Kier alpha value is -2.93. The highest BCUT2D eigenvalue weighted by atomic mass is 32.2. The van der Waals surface area contributed by atoms with Crippen LogP contribution >= 0.6 is 0 Å². The van der Waals surface area contributed by atoms with Crippen LogP contribution in [0.1, 0.15) is 0 Å². The van der Waals surface area contributed by atoms with Gasteiger partial charge >= 0.3 is 87.2 Å². The highest BCUT2D eigenvalue weighted by Crippen LogP contribution is 2.64. The summed E-state index contributed by atoms with van der Waals surface area (Å²) in [5.41, 5.74) is -10.5. The number of carboxylic acid groups (broad SMARTS) is 1. The molecule has 2 N–H and O–H groups in total. The molecule has 286 valence electrons. The van der Waals surface area contributed by atoms with Crippen LogP contribution in [0.4, 0.5) is 119 Å². The standard InChI is InChI=1S/C15H2F27NO4S/c16-4(17,12(32,33)34)1(3(44)45)2(5(18,19)13(35,36)37)43-48(46,47)15(41,42)11(30,31)9(26,27)7(22,23)6(20,21)8(24,25)10(28,29)14(38,39)40/h43H,(H,44,45). The molecule has 0 saturated heterocycles. The smallest absolute Gasteiger partial charge is 0.460 e. The lowest BCUT2D eigenvalue weighted by atomic mass is 9.91. The summed E-state index contributed by atoms with van der Waals surface area (Å²) < 4.78 is 377. The summed E-state index contributed by atoms with van der Waals surface area (Å²) >= 11 is 0. The van der Waals surface area contributed by atoms with Gasteiger partial charge in [-0.25, -0.2) is 4.79 Å². The van der Waals surface area contributed by atoms with Crippen molar-refractivity contribution in [2.75, 3.05) is 0 Å². The lowest BCUT2D eigenvalue weighted by Gasteiger charge is -2.42. The van der Waals surface area contributed by atoms with Gasteiger partial charge in [0, 0.05) is 0 Å². The van der Waals surface area contributed by atoms with Crippen LogP contribution in [-0.4, -0.2) is 90.7 Å². The first kappa shape index (κ1) is 45.1. The van der Waals surface area contributed by atoms with Crippen molar-refractivity contribution in [3.05, 3.63) is 11.3 Å². The highest BCUT2D eigenvalue weighted by Gasteiger charge is 2.96. The molecule has 0 radical (unpaired) electrons.